The molecule has 0 aliphatic heterocycles. The van der Waals surface area contributed by atoms with Gasteiger partial charge in [-0.25, -0.2) is 4.79 Å². The fraction of sp³-hybridized carbons (Fsp3) is 0.167. The molecular weight excluding hydrogens is 302 g/mol. The maximum atomic E-state index is 12.2. The van der Waals surface area contributed by atoms with Gasteiger partial charge in [0.2, 0.25) is 0 Å². The molecule has 122 valence electrons. The van der Waals surface area contributed by atoms with Gasteiger partial charge in [0, 0.05) is 12.4 Å². The van der Waals surface area contributed by atoms with Gasteiger partial charge in [-0.2, -0.15) is 5.10 Å². The van der Waals surface area contributed by atoms with Crippen LogP contribution in [0.15, 0.2) is 61.1 Å². The zero-order chi connectivity index (χ0) is 16.8. The van der Waals surface area contributed by atoms with Gasteiger partial charge < -0.3 is 10.6 Å². The first-order valence-corrected chi connectivity index (χ1v) is 7.73. The minimum Gasteiger partial charge on any atom is -0.329 e. The summed E-state index contributed by atoms with van der Waals surface area (Å²) in [6.45, 7) is 2.05. The second-order valence-corrected chi connectivity index (χ2v) is 5.58. The average Bonchev–Trinajstić information content (AvgIpc) is 3.10. The van der Waals surface area contributed by atoms with E-state index in [0.29, 0.717) is 12.1 Å². The Balaban J connectivity index is 1.74. The van der Waals surface area contributed by atoms with Gasteiger partial charge in [0.25, 0.3) is 0 Å². The molecule has 0 saturated carbocycles. The van der Waals surface area contributed by atoms with E-state index in [1.165, 1.54) is 5.56 Å². The Labute approximate surface area is 140 Å². The number of benzene rings is 1. The summed E-state index contributed by atoms with van der Waals surface area (Å²) in [6.07, 6.45) is 5.56. The number of carbonyl (C=O) groups excluding carboxylic acids is 1. The first-order chi connectivity index (χ1) is 11.7. The number of anilines is 1. The number of aryl methyl sites for hydroxylation is 1. The molecule has 3 rings (SSSR count). The third kappa shape index (κ3) is 4.19. The molecule has 0 saturated heterocycles. The number of carbonyl (C=O) groups is 1. The lowest BCUT2D eigenvalue weighted by atomic mass is 10.0. The summed E-state index contributed by atoms with van der Waals surface area (Å²) in [5.74, 6) is 0. The predicted molar refractivity (Wildman–Crippen MR) is 92.6 cm³/mol. The van der Waals surface area contributed by atoms with Crippen LogP contribution in [0.3, 0.4) is 0 Å². The molecule has 6 nitrogen and oxygen atoms in total. The predicted octanol–water partition coefficient (Wildman–Crippen LogP) is 3.22. The summed E-state index contributed by atoms with van der Waals surface area (Å²) in [5.41, 5.74) is 3.78. The number of aromatic nitrogens is 3. The molecule has 2 aromatic heterocycles. The largest absolute Gasteiger partial charge is 0.329 e. The molecule has 0 bridgehead atoms. The van der Waals surface area contributed by atoms with Crippen molar-refractivity contribution in [3.8, 4) is 0 Å². The summed E-state index contributed by atoms with van der Waals surface area (Å²) < 4.78 is 0. The SMILES string of the molecule is Cc1ccc(C[C@@H](NC(=O)Nc2cn[nH]c2)c2ccccn2)cc1. The van der Waals surface area contributed by atoms with Crippen molar-refractivity contribution in [3.63, 3.8) is 0 Å². The van der Waals surface area contributed by atoms with Gasteiger partial charge in [-0.3, -0.25) is 10.1 Å². The number of aromatic amines is 1. The third-order valence-electron chi connectivity index (χ3n) is 3.67. The molecule has 1 atom stereocenters. The highest BCUT2D eigenvalue weighted by Crippen LogP contribution is 2.17. The molecule has 0 unspecified atom stereocenters. The van der Waals surface area contributed by atoms with Crippen LogP contribution in [0.25, 0.3) is 0 Å². The topological polar surface area (TPSA) is 82.7 Å². The molecule has 2 amide bonds. The van der Waals surface area contributed by atoms with Crippen LogP contribution >= 0.6 is 0 Å². The Bertz CT molecular complexity index is 769. The Morgan fingerprint density at radius 3 is 2.71 bits per heavy atom. The average molecular weight is 321 g/mol. The Morgan fingerprint density at radius 2 is 2.04 bits per heavy atom. The number of urea groups is 1. The van der Waals surface area contributed by atoms with Crippen molar-refractivity contribution in [2.24, 2.45) is 0 Å². The van der Waals surface area contributed by atoms with Gasteiger partial charge in [0.15, 0.2) is 0 Å². The van der Waals surface area contributed by atoms with Crippen LogP contribution < -0.4 is 10.6 Å². The van der Waals surface area contributed by atoms with Crippen LogP contribution in [0, 0.1) is 6.92 Å². The van der Waals surface area contributed by atoms with Crippen LogP contribution in [0.2, 0.25) is 0 Å². The number of hydrogen-bond donors (Lipinski definition) is 3. The van der Waals surface area contributed by atoms with Gasteiger partial charge in [0.1, 0.15) is 0 Å². The van der Waals surface area contributed by atoms with E-state index in [1.807, 2.05) is 18.2 Å². The number of rotatable bonds is 5. The number of nitrogens with one attached hydrogen (secondary N) is 3. The van der Waals surface area contributed by atoms with E-state index in [0.717, 1.165) is 11.3 Å². The lowest BCUT2D eigenvalue weighted by Gasteiger charge is -2.18. The van der Waals surface area contributed by atoms with Gasteiger partial charge in [0.05, 0.1) is 23.6 Å². The molecular formula is C18H19N5O. The van der Waals surface area contributed by atoms with E-state index in [4.69, 9.17) is 0 Å². The van der Waals surface area contributed by atoms with E-state index in [1.54, 1.807) is 18.6 Å². The van der Waals surface area contributed by atoms with Gasteiger partial charge in [-0.15, -0.1) is 0 Å². The molecule has 0 radical (unpaired) electrons. The van der Waals surface area contributed by atoms with Crippen molar-refractivity contribution in [2.45, 2.75) is 19.4 Å². The quantitative estimate of drug-likeness (QED) is 0.675. The number of amides is 2. The second-order valence-electron chi connectivity index (χ2n) is 5.58. The van der Waals surface area contributed by atoms with Crippen LogP contribution in [-0.2, 0) is 6.42 Å². The maximum absolute atomic E-state index is 12.2. The molecule has 3 N–H and O–H groups in total. The number of hydrogen-bond acceptors (Lipinski definition) is 3. The highest BCUT2D eigenvalue weighted by atomic mass is 16.2. The fourth-order valence-electron chi connectivity index (χ4n) is 2.42. The minimum absolute atomic E-state index is 0.221. The highest BCUT2D eigenvalue weighted by molar-refractivity contribution is 5.89. The molecule has 0 aliphatic carbocycles. The molecule has 6 heteroatoms. The van der Waals surface area contributed by atoms with E-state index < -0.39 is 0 Å². The lowest BCUT2D eigenvalue weighted by molar-refractivity contribution is 0.248. The van der Waals surface area contributed by atoms with Crippen LogP contribution in [0.4, 0.5) is 10.5 Å². The number of pyridine rings is 1. The summed E-state index contributed by atoms with van der Waals surface area (Å²) in [6, 6.07) is 13.4. The van der Waals surface area contributed by atoms with Gasteiger partial charge in [-0.05, 0) is 31.0 Å². The van der Waals surface area contributed by atoms with Gasteiger partial charge >= 0.3 is 6.03 Å². The molecule has 3 aromatic rings. The molecule has 0 fully saturated rings. The van der Waals surface area contributed by atoms with E-state index in [-0.39, 0.29) is 12.1 Å². The number of nitrogens with zero attached hydrogens (tertiary/aromatic N) is 2. The van der Waals surface area contributed by atoms with E-state index in [9.17, 15) is 4.79 Å². The molecule has 24 heavy (non-hydrogen) atoms. The lowest BCUT2D eigenvalue weighted by Crippen LogP contribution is -2.34. The third-order valence-corrected chi connectivity index (χ3v) is 3.67. The Kier molecular flexibility index (Phi) is 4.86. The number of H-pyrrole nitrogens is 1. The van der Waals surface area contributed by atoms with Crippen molar-refractivity contribution in [2.75, 3.05) is 5.32 Å². The molecule has 1 aromatic carbocycles. The van der Waals surface area contributed by atoms with E-state index in [2.05, 4.69) is 57.0 Å². The summed E-state index contributed by atoms with van der Waals surface area (Å²) in [4.78, 5) is 16.6. The first kappa shape index (κ1) is 15.7. The van der Waals surface area contributed by atoms with Crippen molar-refractivity contribution in [1.29, 1.82) is 0 Å². The molecule has 2 heterocycles. The van der Waals surface area contributed by atoms with Gasteiger partial charge in [-0.1, -0.05) is 35.9 Å². The van der Waals surface area contributed by atoms with Crippen molar-refractivity contribution in [1.82, 2.24) is 20.5 Å². The highest BCUT2D eigenvalue weighted by Gasteiger charge is 2.16. The second kappa shape index (κ2) is 7.41. The standard InChI is InChI=1S/C18H19N5O/c1-13-5-7-14(8-6-13)10-17(16-4-2-3-9-19-16)23-18(24)22-15-11-20-21-12-15/h2-9,11-12,17H,10H2,1H3,(H,20,21)(H2,22,23,24)/t17-/m1/s1. The normalized spacial score (nSPS) is 11.7. The van der Waals surface area contributed by atoms with Crippen molar-refractivity contribution >= 4 is 11.7 Å². The zero-order valence-electron chi connectivity index (χ0n) is 13.4. The van der Waals surface area contributed by atoms with Crippen molar-refractivity contribution < 1.29 is 4.79 Å². The monoisotopic (exact) mass is 321 g/mol. The minimum atomic E-state index is -0.292. The summed E-state index contributed by atoms with van der Waals surface area (Å²) in [7, 11) is 0. The van der Waals surface area contributed by atoms with Crippen LogP contribution in [0.1, 0.15) is 22.9 Å². The smallest absolute Gasteiger partial charge is 0.319 e. The first-order valence-electron chi connectivity index (χ1n) is 7.73. The fourth-order valence-corrected chi connectivity index (χ4v) is 2.42. The summed E-state index contributed by atoms with van der Waals surface area (Å²) in [5, 5.41) is 12.2. The molecule has 0 spiro atoms. The Hall–Kier alpha value is -3.15. The zero-order valence-corrected chi connectivity index (χ0v) is 13.4. The van der Waals surface area contributed by atoms with Crippen LogP contribution in [0.5, 0.6) is 0 Å². The van der Waals surface area contributed by atoms with Crippen LogP contribution in [-0.4, -0.2) is 21.2 Å². The van der Waals surface area contributed by atoms with E-state index >= 15 is 0 Å². The Morgan fingerprint density at radius 1 is 1.21 bits per heavy atom. The maximum Gasteiger partial charge on any atom is 0.319 e. The molecule has 0 aliphatic rings. The summed E-state index contributed by atoms with van der Waals surface area (Å²) >= 11 is 0. The van der Waals surface area contributed by atoms with Crippen molar-refractivity contribution in [3.05, 3.63) is 77.9 Å².